The molecule has 0 aromatic carbocycles. The van der Waals surface area contributed by atoms with Gasteiger partial charge in [-0.05, 0) is 25.7 Å². The van der Waals surface area contributed by atoms with Crippen LogP contribution in [0, 0.1) is 0 Å². The van der Waals surface area contributed by atoms with Gasteiger partial charge in [0.15, 0.2) is 5.82 Å². The van der Waals surface area contributed by atoms with Crippen LogP contribution in [0.25, 0.3) is 0 Å². The summed E-state index contributed by atoms with van der Waals surface area (Å²) in [5.41, 5.74) is 0. The van der Waals surface area contributed by atoms with E-state index >= 15 is 0 Å². The summed E-state index contributed by atoms with van der Waals surface area (Å²) in [6, 6.07) is -0.167. The number of hydrogen-bond acceptors (Lipinski definition) is 5. The first-order valence-corrected chi connectivity index (χ1v) is 6.94. The molecule has 0 unspecified atom stereocenters. The summed E-state index contributed by atoms with van der Waals surface area (Å²) >= 11 is 0. The molecule has 2 atom stereocenters. The summed E-state index contributed by atoms with van der Waals surface area (Å²) in [4.78, 5) is 12.0. The van der Waals surface area contributed by atoms with Gasteiger partial charge in [-0.1, -0.05) is 18.6 Å². The molecule has 1 aromatic rings. The van der Waals surface area contributed by atoms with Gasteiger partial charge < -0.3 is 10.1 Å². The standard InChI is InChI=1S/C12H21N5O2/c1-2-5-10(12-14-16-17-15-12)13-11(18)8-9-6-3-4-7-19-9/h9-10H,2-8H2,1H3,(H,13,18)(H,14,15,16,17)/t9-,10+/m0/s1. The number of carbonyl (C=O) groups excluding carboxylic acids is 1. The number of aromatic nitrogens is 4. The SMILES string of the molecule is CCC[C@@H](NC(=O)C[C@@H]1CCCCO1)c1nn[nH]n1. The van der Waals surface area contributed by atoms with Crippen LogP contribution in [0.1, 0.15) is 57.3 Å². The molecule has 7 heteroatoms. The summed E-state index contributed by atoms with van der Waals surface area (Å²) in [6.07, 6.45) is 5.42. The fourth-order valence-electron chi connectivity index (χ4n) is 2.30. The van der Waals surface area contributed by atoms with Gasteiger partial charge in [0.05, 0.1) is 18.6 Å². The van der Waals surface area contributed by atoms with Gasteiger partial charge in [-0.25, -0.2) is 0 Å². The van der Waals surface area contributed by atoms with Crippen molar-refractivity contribution in [1.82, 2.24) is 25.9 Å². The number of ether oxygens (including phenoxy) is 1. The quantitative estimate of drug-likeness (QED) is 0.805. The van der Waals surface area contributed by atoms with Crippen molar-refractivity contribution in [2.45, 2.75) is 57.6 Å². The van der Waals surface area contributed by atoms with E-state index in [1.54, 1.807) is 0 Å². The van der Waals surface area contributed by atoms with Crippen molar-refractivity contribution in [3.63, 3.8) is 0 Å². The highest BCUT2D eigenvalue weighted by molar-refractivity contribution is 5.76. The molecule has 1 aromatic heterocycles. The van der Waals surface area contributed by atoms with E-state index in [0.717, 1.165) is 38.7 Å². The van der Waals surface area contributed by atoms with Gasteiger partial charge in [0.2, 0.25) is 5.91 Å². The van der Waals surface area contributed by atoms with Gasteiger partial charge in [-0.3, -0.25) is 4.79 Å². The molecule has 0 saturated carbocycles. The molecule has 106 valence electrons. The number of rotatable bonds is 6. The Hall–Kier alpha value is -1.50. The monoisotopic (exact) mass is 267 g/mol. The minimum Gasteiger partial charge on any atom is -0.378 e. The van der Waals surface area contributed by atoms with Crippen molar-refractivity contribution in [1.29, 1.82) is 0 Å². The van der Waals surface area contributed by atoms with Crippen molar-refractivity contribution < 1.29 is 9.53 Å². The lowest BCUT2D eigenvalue weighted by molar-refractivity contribution is -0.125. The van der Waals surface area contributed by atoms with Crippen molar-refractivity contribution in [2.24, 2.45) is 0 Å². The summed E-state index contributed by atoms with van der Waals surface area (Å²) in [5, 5.41) is 16.8. The van der Waals surface area contributed by atoms with Crippen molar-refractivity contribution >= 4 is 5.91 Å². The third-order valence-electron chi connectivity index (χ3n) is 3.27. The van der Waals surface area contributed by atoms with E-state index < -0.39 is 0 Å². The average Bonchev–Trinajstić information content (AvgIpc) is 2.93. The molecule has 1 fully saturated rings. The number of carbonyl (C=O) groups is 1. The molecule has 2 rings (SSSR count). The fourth-order valence-corrected chi connectivity index (χ4v) is 2.30. The molecule has 0 spiro atoms. The maximum Gasteiger partial charge on any atom is 0.223 e. The van der Waals surface area contributed by atoms with E-state index in [2.05, 4.69) is 32.9 Å². The van der Waals surface area contributed by atoms with Crippen LogP contribution in [0.2, 0.25) is 0 Å². The molecule has 1 aliphatic heterocycles. The van der Waals surface area contributed by atoms with Crippen molar-refractivity contribution in [3.8, 4) is 0 Å². The second-order valence-corrected chi connectivity index (χ2v) is 4.87. The van der Waals surface area contributed by atoms with E-state index in [9.17, 15) is 4.79 Å². The maximum absolute atomic E-state index is 12.0. The molecule has 2 N–H and O–H groups in total. The fraction of sp³-hybridized carbons (Fsp3) is 0.833. The zero-order valence-corrected chi connectivity index (χ0v) is 11.3. The van der Waals surface area contributed by atoms with Crippen molar-refractivity contribution in [3.05, 3.63) is 5.82 Å². The van der Waals surface area contributed by atoms with E-state index in [4.69, 9.17) is 4.74 Å². The summed E-state index contributed by atoms with van der Waals surface area (Å²) in [7, 11) is 0. The minimum absolute atomic E-state index is 0.00449. The number of hydrogen-bond donors (Lipinski definition) is 2. The Labute approximate surface area is 112 Å². The second kappa shape index (κ2) is 7.18. The molecule has 1 saturated heterocycles. The van der Waals surface area contributed by atoms with Crippen LogP contribution in [0.15, 0.2) is 0 Å². The lowest BCUT2D eigenvalue weighted by Gasteiger charge is -2.23. The largest absolute Gasteiger partial charge is 0.378 e. The number of aromatic amines is 1. The lowest BCUT2D eigenvalue weighted by atomic mass is 10.1. The molecule has 19 heavy (non-hydrogen) atoms. The van der Waals surface area contributed by atoms with Gasteiger partial charge in [0, 0.05) is 6.61 Å². The van der Waals surface area contributed by atoms with E-state index in [1.165, 1.54) is 0 Å². The summed E-state index contributed by atoms with van der Waals surface area (Å²) < 4.78 is 5.57. The lowest BCUT2D eigenvalue weighted by Crippen LogP contribution is -2.33. The molecule has 1 aliphatic rings. The third-order valence-corrected chi connectivity index (χ3v) is 3.27. The van der Waals surface area contributed by atoms with Crippen molar-refractivity contribution in [2.75, 3.05) is 6.61 Å². The topological polar surface area (TPSA) is 92.8 Å². The van der Waals surface area contributed by atoms with E-state index in [0.29, 0.717) is 12.2 Å². The van der Waals surface area contributed by atoms with Gasteiger partial charge in [0.25, 0.3) is 0 Å². The Morgan fingerprint density at radius 3 is 3.11 bits per heavy atom. The van der Waals surface area contributed by atoms with Gasteiger partial charge in [0.1, 0.15) is 0 Å². The first-order valence-electron chi connectivity index (χ1n) is 6.94. The van der Waals surface area contributed by atoms with Crippen LogP contribution >= 0.6 is 0 Å². The molecular weight excluding hydrogens is 246 g/mol. The van der Waals surface area contributed by atoms with Crippen LogP contribution < -0.4 is 5.32 Å². The minimum atomic E-state index is -0.167. The Bertz CT molecular complexity index is 375. The molecule has 0 bridgehead atoms. The molecule has 0 aliphatic carbocycles. The first kappa shape index (κ1) is 13.9. The Kier molecular flexibility index (Phi) is 5.26. The van der Waals surface area contributed by atoms with Gasteiger partial charge in [-0.2, -0.15) is 5.21 Å². The Morgan fingerprint density at radius 1 is 1.58 bits per heavy atom. The second-order valence-electron chi connectivity index (χ2n) is 4.87. The summed E-state index contributed by atoms with van der Waals surface area (Å²) in [5.74, 6) is 0.537. The molecular formula is C12H21N5O2. The van der Waals surface area contributed by atoms with Gasteiger partial charge in [-0.15, -0.1) is 10.2 Å². The number of H-pyrrole nitrogens is 1. The number of nitrogens with one attached hydrogen (secondary N) is 2. The average molecular weight is 267 g/mol. The smallest absolute Gasteiger partial charge is 0.223 e. The normalized spacial score (nSPS) is 21.0. The zero-order chi connectivity index (χ0) is 13.5. The molecule has 2 heterocycles. The highest BCUT2D eigenvalue weighted by Gasteiger charge is 2.22. The number of nitrogens with zero attached hydrogens (tertiary/aromatic N) is 3. The number of tetrazole rings is 1. The molecule has 1 amide bonds. The molecule has 7 nitrogen and oxygen atoms in total. The summed E-state index contributed by atoms with van der Waals surface area (Å²) in [6.45, 7) is 2.82. The van der Waals surface area contributed by atoms with Crippen LogP contribution in [-0.2, 0) is 9.53 Å². The van der Waals surface area contributed by atoms with Crippen LogP contribution in [0.3, 0.4) is 0 Å². The number of amides is 1. The van der Waals surface area contributed by atoms with Gasteiger partial charge >= 0.3 is 0 Å². The maximum atomic E-state index is 12.0. The van der Waals surface area contributed by atoms with Crippen LogP contribution in [0.4, 0.5) is 0 Å². The third kappa shape index (κ3) is 4.27. The predicted molar refractivity (Wildman–Crippen MR) is 68.2 cm³/mol. The van der Waals surface area contributed by atoms with E-state index in [1.807, 2.05) is 0 Å². The van der Waals surface area contributed by atoms with E-state index in [-0.39, 0.29) is 18.1 Å². The molecule has 0 radical (unpaired) electrons. The highest BCUT2D eigenvalue weighted by Crippen LogP contribution is 2.17. The highest BCUT2D eigenvalue weighted by atomic mass is 16.5. The van der Waals surface area contributed by atoms with Crippen LogP contribution in [-0.4, -0.2) is 39.2 Å². The predicted octanol–water partition coefficient (Wildman–Crippen LogP) is 1.12. The zero-order valence-electron chi connectivity index (χ0n) is 11.3. The first-order chi connectivity index (χ1) is 9.29. The van der Waals surface area contributed by atoms with Crippen LogP contribution in [0.5, 0.6) is 0 Å². The Morgan fingerprint density at radius 2 is 2.47 bits per heavy atom. The Balaban J connectivity index is 1.84.